The van der Waals surface area contributed by atoms with Crippen LogP contribution in [0.25, 0.3) is 10.2 Å². The number of aromatic nitrogens is 1. The van der Waals surface area contributed by atoms with Crippen LogP contribution in [0.3, 0.4) is 0 Å². The smallest absolute Gasteiger partial charge is 0.270 e. The second-order valence-electron chi connectivity index (χ2n) is 4.16. The number of nitrogens with one attached hydrogen (secondary N) is 1. The predicted octanol–water partition coefficient (Wildman–Crippen LogP) is 3.75. The zero-order chi connectivity index (χ0) is 14.8. The second kappa shape index (κ2) is 5.47. The minimum absolute atomic E-state index is 0.0645. The number of nitrogens with zero attached hydrogens (tertiary/aromatic N) is 3. The monoisotopic (exact) mass is 316 g/mol. The molecule has 0 radical (unpaired) electrons. The maximum absolute atomic E-state index is 10.7. The zero-order valence-electron chi connectivity index (χ0n) is 10.6. The van der Waals surface area contributed by atoms with Gasteiger partial charge in [-0.05, 0) is 18.2 Å². The fourth-order valence-corrected chi connectivity index (χ4v) is 3.44. The molecule has 2 heterocycles. The minimum atomic E-state index is -0.415. The molecular formula is C13H8N4O2S2. The van der Waals surface area contributed by atoms with Gasteiger partial charge in [0, 0.05) is 17.0 Å². The number of anilines is 1. The van der Waals surface area contributed by atoms with Crippen molar-refractivity contribution in [1.82, 2.24) is 4.98 Å². The van der Waals surface area contributed by atoms with E-state index in [1.165, 1.54) is 34.8 Å². The van der Waals surface area contributed by atoms with Gasteiger partial charge in [-0.2, -0.15) is 5.26 Å². The highest BCUT2D eigenvalue weighted by Crippen LogP contribution is 2.29. The molecule has 0 saturated heterocycles. The van der Waals surface area contributed by atoms with Crippen LogP contribution in [0.2, 0.25) is 0 Å². The Morgan fingerprint density at radius 2 is 2.19 bits per heavy atom. The Morgan fingerprint density at radius 3 is 2.90 bits per heavy atom. The molecule has 6 nitrogen and oxygen atoms in total. The lowest BCUT2D eigenvalue weighted by Gasteiger charge is -1.98. The molecule has 8 heteroatoms. The molecule has 0 amide bonds. The van der Waals surface area contributed by atoms with Crippen LogP contribution in [-0.2, 0) is 6.54 Å². The first-order valence-electron chi connectivity index (χ1n) is 5.93. The number of benzene rings is 1. The third kappa shape index (κ3) is 2.84. The molecule has 1 N–H and O–H groups in total. The fourth-order valence-electron chi connectivity index (χ4n) is 1.80. The summed E-state index contributed by atoms with van der Waals surface area (Å²) in [6.07, 6.45) is 0. The Morgan fingerprint density at radius 1 is 1.33 bits per heavy atom. The van der Waals surface area contributed by atoms with Gasteiger partial charge >= 0.3 is 0 Å². The van der Waals surface area contributed by atoms with Crippen molar-refractivity contribution in [2.75, 3.05) is 5.32 Å². The summed E-state index contributed by atoms with van der Waals surface area (Å²) in [6.45, 7) is 0.578. The number of thiophene rings is 1. The van der Waals surface area contributed by atoms with Gasteiger partial charge in [0.25, 0.3) is 5.69 Å². The van der Waals surface area contributed by atoms with E-state index in [9.17, 15) is 10.1 Å². The number of nitro benzene ring substituents is 1. The average molecular weight is 316 g/mol. The molecule has 2 aromatic heterocycles. The van der Waals surface area contributed by atoms with Crippen molar-refractivity contribution in [2.45, 2.75) is 6.54 Å². The molecule has 0 aliphatic rings. The Kier molecular flexibility index (Phi) is 3.51. The van der Waals surface area contributed by atoms with Gasteiger partial charge in [0.15, 0.2) is 5.13 Å². The Balaban J connectivity index is 1.78. The van der Waals surface area contributed by atoms with Crippen LogP contribution in [0.15, 0.2) is 30.3 Å². The summed E-state index contributed by atoms with van der Waals surface area (Å²) in [5, 5.41) is 23.4. The van der Waals surface area contributed by atoms with E-state index in [0.29, 0.717) is 16.6 Å². The van der Waals surface area contributed by atoms with E-state index >= 15 is 0 Å². The highest BCUT2D eigenvalue weighted by atomic mass is 32.1. The number of thiazole rings is 1. The van der Waals surface area contributed by atoms with Gasteiger partial charge in [0.05, 0.1) is 21.7 Å². The molecule has 0 spiro atoms. The molecule has 1 aromatic carbocycles. The summed E-state index contributed by atoms with van der Waals surface area (Å²) in [5.74, 6) is 0. The summed E-state index contributed by atoms with van der Waals surface area (Å²) in [7, 11) is 0. The summed E-state index contributed by atoms with van der Waals surface area (Å²) in [4.78, 5) is 16.4. The van der Waals surface area contributed by atoms with Gasteiger partial charge < -0.3 is 5.32 Å². The zero-order valence-corrected chi connectivity index (χ0v) is 12.2. The molecule has 0 atom stereocenters. The quantitative estimate of drug-likeness (QED) is 0.584. The molecule has 0 bridgehead atoms. The van der Waals surface area contributed by atoms with Crippen LogP contribution in [0.1, 0.15) is 9.75 Å². The number of nitriles is 1. The number of hydrogen-bond acceptors (Lipinski definition) is 7. The standard InChI is InChI=1S/C13H8N4O2S2/c14-6-9-2-3-10(20-9)7-15-13-16-11-4-1-8(17(18)19)5-12(11)21-13/h1-5H,7H2,(H,15,16). The molecule has 104 valence electrons. The summed E-state index contributed by atoms with van der Waals surface area (Å²) in [5.41, 5.74) is 0.798. The maximum Gasteiger partial charge on any atom is 0.270 e. The summed E-state index contributed by atoms with van der Waals surface area (Å²) in [6, 6.07) is 10.4. The Labute approximate surface area is 127 Å². The van der Waals surface area contributed by atoms with Crippen LogP contribution in [0.5, 0.6) is 0 Å². The van der Waals surface area contributed by atoms with Crippen LogP contribution < -0.4 is 5.32 Å². The molecule has 0 aliphatic carbocycles. The lowest BCUT2D eigenvalue weighted by Crippen LogP contribution is -1.95. The van der Waals surface area contributed by atoms with E-state index in [1.54, 1.807) is 12.1 Å². The molecule has 21 heavy (non-hydrogen) atoms. The van der Waals surface area contributed by atoms with Crippen LogP contribution in [-0.4, -0.2) is 9.91 Å². The van der Waals surface area contributed by atoms with Crippen LogP contribution in [0.4, 0.5) is 10.8 Å². The molecule has 0 aliphatic heterocycles. The van der Waals surface area contributed by atoms with Gasteiger partial charge in [-0.3, -0.25) is 10.1 Å². The van der Waals surface area contributed by atoms with Gasteiger partial charge in [-0.1, -0.05) is 11.3 Å². The second-order valence-corrected chi connectivity index (χ2v) is 6.36. The van der Waals surface area contributed by atoms with Crippen molar-refractivity contribution >= 4 is 43.7 Å². The first kappa shape index (κ1) is 13.5. The average Bonchev–Trinajstić information content (AvgIpc) is 3.10. The number of non-ortho nitro benzene ring substituents is 1. The minimum Gasteiger partial charge on any atom is -0.357 e. The lowest BCUT2D eigenvalue weighted by molar-refractivity contribution is -0.384. The third-order valence-electron chi connectivity index (χ3n) is 2.77. The van der Waals surface area contributed by atoms with E-state index in [-0.39, 0.29) is 5.69 Å². The Hall–Kier alpha value is -2.50. The molecular weight excluding hydrogens is 308 g/mol. The third-order valence-corrected chi connectivity index (χ3v) is 4.73. The molecule has 3 aromatic rings. The largest absolute Gasteiger partial charge is 0.357 e. The normalized spacial score (nSPS) is 10.4. The summed E-state index contributed by atoms with van der Waals surface area (Å²) >= 11 is 2.80. The number of hydrogen-bond donors (Lipinski definition) is 1. The highest BCUT2D eigenvalue weighted by Gasteiger charge is 2.10. The van der Waals surface area contributed by atoms with Crippen molar-refractivity contribution in [2.24, 2.45) is 0 Å². The first-order valence-corrected chi connectivity index (χ1v) is 7.56. The Bertz CT molecular complexity index is 863. The lowest BCUT2D eigenvalue weighted by atomic mass is 10.3. The van der Waals surface area contributed by atoms with Crippen molar-refractivity contribution < 1.29 is 4.92 Å². The van der Waals surface area contributed by atoms with E-state index in [2.05, 4.69) is 16.4 Å². The van der Waals surface area contributed by atoms with Crippen molar-refractivity contribution in [3.8, 4) is 6.07 Å². The molecule has 0 saturated carbocycles. The first-order chi connectivity index (χ1) is 10.2. The van der Waals surface area contributed by atoms with E-state index < -0.39 is 4.92 Å². The van der Waals surface area contributed by atoms with Crippen molar-refractivity contribution in [1.29, 1.82) is 5.26 Å². The van der Waals surface area contributed by atoms with Crippen LogP contribution >= 0.6 is 22.7 Å². The molecule has 3 rings (SSSR count). The van der Waals surface area contributed by atoms with E-state index in [0.717, 1.165) is 15.1 Å². The van der Waals surface area contributed by atoms with Crippen LogP contribution in [0, 0.1) is 21.4 Å². The number of fused-ring (bicyclic) bond motifs is 1. The molecule has 0 unspecified atom stereocenters. The highest BCUT2D eigenvalue weighted by molar-refractivity contribution is 7.22. The summed E-state index contributed by atoms with van der Waals surface area (Å²) < 4.78 is 0.774. The number of nitro groups is 1. The SMILES string of the molecule is N#Cc1ccc(CNc2nc3ccc([N+](=O)[O-])cc3s2)s1. The maximum atomic E-state index is 10.7. The molecule has 0 fully saturated rings. The fraction of sp³-hybridized carbons (Fsp3) is 0.0769. The topological polar surface area (TPSA) is 91.8 Å². The number of rotatable bonds is 4. The van der Waals surface area contributed by atoms with Crippen molar-refractivity contribution in [3.05, 3.63) is 50.2 Å². The van der Waals surface area contributed by atoms with E-state index in [4.69, 9.17) is 5.26 Å². The van der Waals surface area contributed by atoms with Gasteiger partial charge in [0.1, 0.15) is 10.9 Å². The van der Waals surface area contributed by atoms with Gasteiger partial charge in [-0.15, -0.1) is 11.3 Å². The predicted molar refractivity (Wildman–Crippen MR) is 82.6 cm³/mol. The van der Waals surface area contributed by atoms with Gasteiger partial charge in [-0.25, -0.2) is 4.98 Å². The van der Waals surface area contributed by atoms with Gasteiger partial charge in [0.2, 0.25) is 0 Å². The van der Waals surface area contributed by atoms with E-state index in [1.807, 2.05) is 6.07 Å². The van der Waals surface area contributed by atoms with Crippen molar-refractivity contribution in [3.63, 3.8) is 0 Å².